The third-order valence-electron chi connectivity index (χ3n) is 16.9. The average molecular weight is 1140 g/mol. The molecule has 0 rings (SSSR count). The molecule has 81 heavy (non-hydrogen) atoms. The van der Waals surface area contributed by atoms with Crippen LogP contribution in [0, 0.1) is 0 Å². The maximum absolute atomic E-state index is 12.9. The SMILES string of the molecule is CCCCCCCC/C=C\CCCCCCCCCC(=O)OC(COC(=O)CCCCCCCCCCCCCCCCC)COC(=O)CCCCCCCCCCCCCCCCCCCCC/C=C\CCCCCCCCCC. The van der Waals surface area contributed by atoms with Gasteiger partial charge in [-0.2, -0.15) is 0 Å². The van der Waals surface area contributed by atoms with Gasteiger partial charge in [-0.1, -0.05) is 353 Å². The van der Waals surface area contributed by atoms with E-state index in [1.807, 2.05) is 0 Å². The molecule has 0 spiro atoms. The van der Waals surface area contributed by atoms with E-state index in [0.717, 1.165) is 57.8 Å². The second kappa shape index (κ2) is 70.4. The minimum Gasteiger partial charge on any atom is -0.462 e. The van der Waals surface area contributed by atoms with Crippen molar-refractivity contribution in [2.24, 2.45) is 0 Å². The Morgan fingerprint density at radius 1 is 0.235 bits per heavy atom. The Bertz CT molecular complexity index is 1310. The molecule has 0 bridgehead atoms. The van der Waals surface area contributed by atoms with Crippen molar-refractivity contribution in [3.8, 4) is 0 Å². The minimum absolute atomic E-state index is 0.0663. The van der Waals surface area contributed by atoms with Gasteiger partial charge in [-0.25, -0.2) is 0 Å². The van der Waals surface area contributed by atoms with Crippen LogP contribution in [0.5, 0.6) is 0 Å². The van der Waals surface area contributed by atoms with Crippen LogP contribution < -0.4 is 0 Å². The molecule has 0 saturated heterocycles. The molecule has 0 aromatic heterocycles. The highest BCUT2D eigenvalue weighted by atomic mass is 16.6. The molecule has 0 N–H and O–H groups in total. The highest BCUT2D eigenvalue weighted by Crippen LogP contribution is 2.19. The van der Waals surface area contributed by atoms with Gasteiger partial charge in [0.2, 0.25) is 0 Å². The number of esters is 3. The van der Waals surface area contributed by atoms with E-state index in [4.69, 9.17) is 14.2 Å². The fraction of sp³-hybridized carbons (Fsp3) is 0.907. The molecule has 1 unspecified atom stereocenters. The normalized spacial score (nSPS) is 12.1. The Kier molecular flexibility index (Phi) is 68.5. The summed E-state index contributed by atoms with van der Waals surface area (Å²) in [4.78, 5) is 38.4. The number of hydrogen-bond acceptors (Lipinski definition) is 6. The van der Waals surface area contributed by atoms with Gasteiger partial charge in [0.15, 0.2) is 6.10 Å². The van der Waals surface area contributed by atoms with E-state index in [1.54, 1.807) is 0 Å². The summed E-state index contributed by atoms with van der Waals surface area (Å²) in [5, 5.41) is 0. The lowest BCUT2D eigenvalue weighted by Crippen LogP contribution is -2.30. The van der Waals surface area contributed by atoms with Gasteiger partial charge in [-0.3, -0.25) is 14.4 Å². The van der Waals surface area contributed by atoms with Gasteiger partial charge in [0.05, 0.1) is 0 Å². The van der Waals surface area contributed by atoms with E-state index in [0.29, 0.717) is 19.3 Å². The monoisotopic (exact) mass is 1140 g/mol. The molecule has 0 radical (unpaired) electrons. The maximum atomic E-state index is 12.9. The number of rotatable bonds is 69. The summed E-state index contributed by atoms with van der Waals surface area (Å²) in [7, 11) is 0. The van der Waals surface area contributed by atoms with Gasteiger partial charge in [0.25, 0.3) is 0 Å². The van der Waals surface area contributed by atoms with Gasteiger partial charge in [-0.15, -0.1) is 0 Å². The Morgan fingerprint density at radius 3 is 0.617 bits per heavy atom. The molecule has 0 fully saturated rings. The molecule has 0 aromatic carbocycles. The van der Waals surface area contributed by atoms with E-state index in [2.05, 4.69) is 45.1 Å². The lowest BCUT2D eigenvalue weighted by molar-refractivity contribution is -0.167. The zero-order chi connectivity index (χ0) is 58.5. The topological polar surface area (TPSA) is 78.9 Å². The van der Waals surface area contributed by atoms with Crippen LogP contribution >= 0.6 is 0 Å². The predicted octanol–water partition coefficient (Wildman–Crippen LogP) is 25.3. The number of unbranched alkanes of at least 4 members (excludes halogenated alkanes) is 54. The van der Waals surface area contributed by atoms with Gasteiger partial charge < -0.3 is 14.2 Å². The van der Waals surface area contributed by atoms with Crippen LogP contribution in [0.25, 0.3) is 0 Å². The zero-order valence-corrected chi connectivity index (χ0v) is 55.1. The average Bonchev–Trinajstić information content (AvgIpc) is 3.47. The van der Waals surface area contributed by atoms with Crippen molar-refractivity contribution in [2.75, 3.05) is 13.2 Å². The fourth-order valence-electron chi connectivity index (χ4n) is 11.4. The minimum atomic E-state index is -0.770. The maximum Gasteiger partial charge on any atom is 0.306 e. The van der Waals surface area contributed by atoms with Crippen molar-refractivity contribution < 1.29 is 28.6 Å². The lowest BCUT2D eigenvalue weighted by Gasteiger charge is -2.18. The number of ether oxygens (including phenoxy) is 3. The molecule has 6 nitrogen and oxygen atoms in total. The largest absolute Gasteiger partial charge is 0.462 e. The second-order valence-electron chi connectivity index (χ2n) is 25.2. The van der Waals surface area contributed by atoms with Crippen LogP contribution in [0.15, 0.2) is 24.3 Å². The van der Waals surface area contributed by atoms with Crippen molar-refractivity contribution in [2.45, 2.75) is 425 Å². The van der Waals surface area contributed by atoms with Crippen LogP contribution in [0.1, 0.15) is 419 Å². The lowest BCUT2D eigenvalue weighted by atomic mass is 10.0. The highest BCUT2D eigenvalue weighted by Gasteiger charge is 2.20. The first-order chi connectivity index (χ1) is 40.0. The van der Waals surface area contributed by atoms with Crippen LogP contribution in [-0.4, -0.2) is 37.2 Å². The van der Waals surface area contributed by atoms with Crippen LogP contribution in [0.2, 0.25) is 0 Å². The van der Waals surface area contributed by atoms with Crippen LogP contribution in [-0.2, 0) is 28.6 Å². The third kappa shape index (κ3) is 68.6. The van der Waals surface area contributed by atoms with E-state index < -0.39 is 6.10 Å². The zero-order valence-electron chi connectivity index (χ0n) is 55.1. The van der Waals surface area contributed by atoms with Crippen molar-refractivity contribution in [1.29, 1.82) is 0 Å². The Hall–Kier alpha value is -2.11. The number of carbonyl (C=O) groups excluding carboxylic acids is 3. The van der Waals surface area contributed by atoms with Crippen LogP contribution in [0.4, 0.5) is 0 Å². The van der Waals surface area contributed by atoms with Crippen molar-refractivity contribution >= 4 is 17.9 Å². The molecule has 6 heteroatoms. The first kappa shape index (κ1) is 78.9. The third-order valence-corrected chi connectivity index (χ3v) is 16.9. The van der Waals surface area contributed by atoms with E-state index in [1.165, 1.54) is 321 Å². The van der Waals surface area contributed by atoms with Gasteiger partial charge in [0, 0.05) is 19.3 Å². The smallest absolute Gasteiger partial charge is 0.306 e. The van der Waals surface area contributed by atoms with Crippen molar-refractivity contribution in [3.63, 3.8) is 0 Å². The molecule has 0 aliphatic heterocycles. The Morgan fingerprint density at radius 2 is 0.407 bits per heavy atom. The molecule has 0 saturated carbocycles. The van der Waals surface area contributed by atoms with Gasteiger partial charge in [-0.05, 0) is 70.6 Å². The first-order valence-electron chi connectivity index (χ1n) is 36.8. The Balaban J connectivity index is 4.15. The van der Waals surface area contributed by atoms with Crippen LogP contribution in [0.3, 0.4) is 0 Å². The molecular formula is C75H142O6. The number of carbonyl (C=O) groups is 3. The number of hydrogen-bond donors (Lipinski definition) is 0. The molecule has 0 aliphatic rings. The summed E-state index contributed by atoms with van der Waals surface area (Å²) >= 11 is 0. The van der Waals surface area contributed by atoms with Crippen molar-refractivity contribution in [3.05, 3.63) is 24.3 Å². The summed E-state index contributed by atoms with van der Waals surface area (Å²) in [6, 6.07) is 0. The molecule has 0 aliphatic carbocycles. The summed E-state index contributed by atoms with van der Waals surface area (Å²) in [6.07, 6.45) is 86.5. The summed E-state index contributed by atoms with van der Waals surface area (Å²) in [6.45, 7) is 6.72. The predicted molar refractivity (Wildman–Crippen MR) is 353 cm³/mol. The standard InChI is InChI=1S/C75H142O6/c1-4-7-10-13-16-19-22-25-28-30-31-32-33-34-35-36-37-38-39-40-41-42-43-45-47-50-53-56-59-62-65-68-74(77)80-71-72(70-79-73(76)67-64-61-58-55-52-49-46-27-24-21-18-15-12-9-6-3)81-75(78)69-66-63-60-57-54-51-48-44-29-26-23-20-17-14-11-8-5-2/h26,29-31,72H,4-25,27-28,32-71H2,1-3H3/b29-26-,31-30-. The molecule has 0 amide bonds. The summed E-state index contributed by atoms with van der Waals surface area (Å²) in [5.41, 5.74) is 0. The van der Waals surface area contributed by atoms with E-state index in [-0.39, 0.29) is 31.1 Å². The first-order valence-corrected chi connectivity index (χ1v) is 36.8. The molecule has 0 heterocycles. The van der Waals surface area contributed by atoms with Crippen molar-refractivity contribution in [1.82, 2.24) is 0 Å². The quantitative estimate of drug-likeness (QED) is 0.0261. The fourth-order valence-corrected chi connectivity index (χ4v) is 11.4. The van der Waals surface area contributed by atoms with Gasteiger partial charge >= 0.3 is 17.9 Å². The molecule has 478 valence electrons. The molecule has 1 atom stereocenters. The van der Waals surface area contributed by atoms with E-state index in [9.17, 15) is 14.4 Å². The number of allylic oxidation sites excluding steroid dienone is 4. The highest BCUT2D eigenvalue weighted by molar-refractivity contribution is 5.71. The Labute approximate surface area is 506 Å². The summed E-state index contributed by atoms with van der Waals surface area (Å²) in [5.74, 6) is -0.837. The van der Waals surface area contributed by atoms with E-state index >= 15 is 0 Å². The molecular weight excluding hydrogens is 997 g/mol. The summed E-state index contributed by atoms with van der Waals surface area (Å²) < 4.78 is 17.0. The van der Waals surface area contributed by atoms with Gasteiger partial charge in [0.1, 0.15) is 13.2 Å². The second-order valence-corrected chi connectivity index (χ2v) is 25.2. The molecule has 0 aromatic rings.